The molecule has 1 aromatic carbocycles. The fraction of sp³-hybridized carbons (Fsp3) is 0.353. The second kappa shape index (κ2) is 7.34. The van der Waals surface area contributed by atoms with Gasteiger partial charge in [0.1, 0.15) is 18.6 Å². The van der Waals surface area contributed by atoms with Crippen LogP contribution < -0.4 is 15.0 Å². The molecule has 1 unspecified atom stereocenters. The molecule has 2 aromatic rings. The Hall–Kier alpha value is -3.23. The first-order chi connectivity index (χ1) is 12.5. The van der Waals surface area contributed by atoms with Crippen molar-refractivity contribution in [1.29, 1.82) is 0 Å². The third-order valence-corrected chi connectivity index (χ3v) is 3.94. The van der Waals surface area contributed by atoms with Gasteiger partial charge in [-0.25, -0.2) is 5.10 Å². The number of rotatable bonds is 6. The van der Waals surface area contributed by atoms with E-state index in [0.29, 0.717) is 23.4 Å². The molecule has 0 spiro atoms. The van der Waals surface area contributed by atoms with Gasteiger partial charge in [-0.15, -0.1) is 0 Å². The van der Waals surface area contributed by atoms with Crippen LogP contribution in [0.25, 0.3) is 0 Å². The number of amides is 2. The Bertz CT molecular complexity index is 834. The van der Waals surface area contributed by atoms with E-state index >= 15 is 0 Å². The summed E-state index contributed by atoms with van der Waals surface area (Å²) in [7, 11) is 0. The van der Waals surface area contributed by atoms with E-state index in [1.807, 2.05) is 6.92 Å². The molecule has 1 atom stereocenters. The van der Waals surface area contributed by atoms with Gasteiger partial charge in [0.25, 0.3) is 5.91 Å². The number of carbonyl (C=O) groups is 3. The molecule has 0 radical (unpaired) electrons. The highest BCUT2D eigenvalue weighted by Gasteiger charge is 2.33. The van der Waals surface area contributed by atoms with Crippen LogP contribution in [0.2, 0.25) is 0 Å². The number of Topliss-reactive ketones (excluding diaryl/α,β-unsaturated/α-hetero) is 1. The molecule has 1 aromatic heterocycles. The van der Waals surface area contributed by atoms with Crippen LogP contribution in [0.5, 0.6) is 5.75 Å². The molecule has 0 fully saturated rings. The van der Waals surface area contributed by atoms with Gasteiger partial charge < -0.3 is 4.74 Å². The molecule has 3 rings (SSSR count). The SMILES string of the molecule is CCCC(=O)c1ccc2c(c1)N(CC(=O)Nc1ncn[nH]1)C(=O)C(C)O2. The minimum Gasteiger partial charge on any atom is -0.479 e. The lowest BCUT2D eigenvalue weighted by Gasteiger charge is -2.32. The Kier molecular flexibility index (Phi) is 4.97. The Labute approximate surface area is 149 Å². The molecular weight excluding hydrogens is 338 g/mol. The lowest BCUT2D eigenvalue weighted by molar-refractivity contribution is -0.127. The summed E-state index contributed by atoms with van der Waals surface area (Å²) in [5, 5.41) is 8.68. The predicted octanol–water partition coefficient (Wildman–Crippen LogP) is 1.54. The zero-order chi connectivity index (χ0) is 18.7. The highest BCUT2D eigenvalue weighted by Crippen LogP contribution is 2.35. The van der Waals surface area contributed by atoms with Crippen molar-refractivity contribution in [3.05, 3.63) is 30.1 Å². The lowest BCUT2D eigenvalue weighted by atomic mass is 10.0. The number of anilines is 2. The number of aromatic amines is 1. The number of hydrogen-bond acceptors (Lipinski definition) is 6. The normalized spacial score (nSPS) is 16.0. The van der Waals surface area contributed by atoms with E-state index in [9.17, 15) is 14.4 Å². The highest BCUT2D eigenvalue weighted by molar-refractivity contribution is 6.07. The van der Waals surface area contributed by atoms with E-state index < -0.39 is 12.0 Å². The second-order valence-corrected chi connectivity index (χ2v) is 5.92. The van der Waals surface area contributed by atoms with Gasteiger partial charge in [0.05, 0.1) is 5.69 Å². The van der Waals surface area contributed by atoms with Crippen molar-refractivity contribution in [2.75, 3.05) is 16.8 Å². The van der Waals surface area contributed by atoms with Crippen molar-refractivity contribution in [3.63, 3.8) is 0 Å². The van der Waals surface area contributed by atoms with Crippen LogP contribution in [0, 0.1) is 0 Å². The van der Waals surface area contributed by atoms with Gasteiger partial charge in [0.2, 0.25) is 11.9 Å². The number of benzene rings is 1. The largest absolute Gasteiger partial charge is 0.479 e. The fourth-order valence-corrected chi connectivity index (χ4v) is 2.70. The van der Waals surface area contributed by atoms with E-state index in [2.05, 4.69) is 20.5 Å². The minimum atomic E-state index is -0.724. The smallest absolute Gasteiger partial charge is 0.268 e. The van der Waals surface area contributed by atoms with Crippen LogP contribution in [0.1, 0.15) is 37.0 Å². The summed E-state index contributed by atoms with van der Waals surface area (Å²) in [4.78, 5) is 42.1. The van der Waals surface area contributed by atoms with Crippen molar-refractivity contribution < 1.29 is 19.1 Å². The molecule has 1 aliphatic rings. The summed E-state index contributed by atoms with van der Waals surface area (Å²) in [6, 6.07) is 4.92. The van der Waals surface area contributed by atoms with E-state index in [4.69, 9.17) is 4.74 Å². The van der Waals surface area contributed by atoms with Crippen molar-refractivity contribution >= 4 is 29.2 Å². The van der Waals surface area contributed by atoms with Gasteiger partial charge in [-0.1, -0.05) is 6.92 Å². The number of hydrogen-bond donors (Lipinski definition) is 2. The summed E-state index contributed by atoms with van der Waals surface area (Å²) < 4.78 is 5.59. The third kappa shape index (κ3) is 3.56. The molecule has 0 saturated carbocycles. The zero-order valence-electron chi connectivity index (χ0n) is 14.5. The Morgan fingerprint density at radius 1 is 1.38 bits per heavy atom. The van der Waals surface area contributed by atoms with Crippen LogP contribution in [0.15, 0.2) is 24.5 Å². The van der Waals surface area contributed by atoms with Crippen molar-refractivity contribution in [2.24, 2.45) is 0 Å². The zero-order valence-corrected chi connectivity index (χ0v) is 14.5. The molecule has 2 amide bonds. The second-order valence-electron chi connectivity index (χ2n) is 5.92. The van der Waals surface area contributed by atoms with Crippen LogP contribution >= 0.6 is 0 Å². The first kappa shape index (κ1) is 17.6. The number of carbonyl (C=O) groups excluding carboxylic acids is 3. The number of nitrogens with one attached hydrogen (secondary N) is 2. The van der Waals surface area contributed by atoms with Gasteiger partial charge in [-0.05, 0) is 31.5 Å². The summed E-state index contributed by atoms with van der Waals surface area (Å²) in [5.74, 6) is -0.174. The number of aromatic nitrogens is 3. The summed E-state index contributed by atoms with van der Waals surface area (Å²) >= 11 is 0. The maximum Gasteiger partial charge on any atom is 0.268 e. The number of ether oxygens (including phenoxy) is 1. The minimum absolute atomic E-state index is 0.0209. The topological polar surface area (TPSA) is 117 Å². The molecule has 2 heterocycles. The number of ketones is 1. The molecule has 2 N–H and O–H groups in total. The first-order valence-electron chi connectivity index (χ1n) is 8.30. The molecule has 0 bridgehead atoms. The Morgan fingerprint density at radius 2 is 2.19 bits per heavy atom. The van der Waals surface area contributed by atoms with Gasteiger partial charge in [-0.3, -0.25) is 24.6 Å². The molecule has 1 aliphatic heterocycles. The van der Waals surface area contributed by atoms with Gasteiger partial charge in [0, 0.05) is 12.0 Å². The Morgan fingerprint density at radius 3 is 2.88 bits per heavy atom. The monoisotopic (exact) mass is 357 g/mol. The summed E-state index contributed by atoms with van der Waals surface area (Å²) in [6.07, 6.45) is 1.68. The maximum atomic E-state index is 12.5. The van der Waals surface area contributed by atoms with E-state index in [1.54, 1.807) is 25.1 Å². The average molecular weight is 357 g/mol. The van der Waals surface area contributed by atoms with Gasteiger partial charge in [0.15, 0.2) is 11.9 Å². The number of H-pyrrole nitrogens is 1. The number of fused-ring (bicyclic) bond motifs is 1. The van der Waals surface area contributed by atoms with Crippen LogP contribution in [-0.4, -0.2) is 45.4 Å². The molecule has 0 saturated heterocycles. The average Bonchev–Trinajstić information content (AvgIpc) is 3.11. The van der Waals surface area contributed by atoms with E-state index in [-0.39, 0.29) is 24.2 Å². The molecule has 0 aliphatic carbocycles. The molecule has 9 nitrogen and oxygen atoms in total. The third-order valence-electron chi connectivity index (χ3n) is 3.94. The van der Waals surface area contributed by atoms with Crippen molar-refractivity contribution in [2.45, 2.75) is 32.8 Å². The quantitative estimate of drug-likeness (QED) is 0.757. The van der Waals surface area contributed by atoms with Crippen molar-refractivity contribution in [1.82, 2.24) is 15.2 Å². The fourth-order valence-electron chi connectivity index (χ4n) is 2.70. The van der Waals surface area contributed by atoms with E-state index in [0.717, 1.165) is 6.42 Å². The molecule has 136 valence electrons. The summed E-state index contributed by atoms with van der Waals surface area (Å²) in [5.41, 5.74) is 0.889. The molecule has 26 heavy (non-hydrogen) atoms. The van der Waals surface area contributed by atoms with Crippen molar-refractivity contribution in [3.8, 4) is 5.75 Å². The first-order valence-corrected chi connectivity index (χ1v) is 8.30. The van der Waals surface area contributed by atoms with Gasteiger partial charge in [-0.2, -0.15) is 10.1 Å². The molecular formula is C17H19N5O4. The molecule has 9 heteroatoms. The van der Waals surface area contributed by atoms with E-state index in [1.165, 1.54) is 11.2 Å². The lowest BCUT2D eigenvalue weighted by Crippen LogP contribution is -2.47. The summed E-state index contributed by atoms with van der Waals surface area (Å²) in [6.45, 7) is 3.30. The van der Waals surface area contributed by atoms with Crippen LogP contribution in [0.4, 0.5) is 11.6 Å². The van der Waals surface area contributed by atoms with Crippen LogP contribution in [0.3, 0.4) is 0 Å². The highest BCUT2D eigenvalue weighted by atomic mass is 16.5. The Balaban J connectivity index is 1.87. The standard InChI is InChI=1S/C17H19N5O4/c1-3-4-13(23)11-5-6-14-12(7-11)22(16(25)10(2)26-14)8-15(24)20-17-18-9-19-21-17/h5-7,9-10H,3-4,8H2,1-2H3,(H2,18,19,20,21,24). The predicted molar refractivity (Wildman–Crippen MR) is 93.1 cm³/mol. The maximum absolute atomic E-state index is 12.5. The van der Waals surface area contributed by atoms with Gasteiger partial charge >= 0.3 is 0 Å². The number of nitrogens with zero attached hydrogens (tertiary/aromatic N) is 3. The van der Waals surface area contributed by atoms with Crippen LogP contribution in [-0.2, 0) is 9.59 Å².